The van der Waals surface area contributed by atoms with Gasteiger partial charge in [-0.1, -0.05) is 54.6 Å². The fraction of sp³-hybridized carbons (Fsp3) is 0.211. The van der Waals surface area contributed by atoms with Crippen molar-refractivity contribution in [1.29, 1.82) is 0 Å². The zero-order valence-corrected chi connectivity index (χ0v) is 13.3. The molecule has 0 aromatic heterocycles. The largest absolute Gasteiger partial charge is 0.489 e. The molecule has 0 heterocycles. The lowest BCUT2D eigenvalue weighted by atomic mass is 9.89. The molecule has 3 rings (SSSR count). The number of rotatable bonds is 5. The Morgan fingerprint density at radius 2 is 2.00 bits per heavy atom. The van der Waals surface area contributed by atoms with Gasteiger partial charge in [0.15, 0.2) is 0 Å². The van der Waals surface area contributed by atoms with Crippen molar-refractivity contribution >= 4 is 6.03 Å². The van der Waals surface area contributed by atoms with E-state index in [1.54, 1.807) is 0 Å². The van der Waals surface area contributed by atoms with Crippen molar-refractivity contribution in [1.82, 2.24) is 5.06 Å². The van der Waals surface area contributed by atoms with E-state index in [1.165, 1.54) is 0 Å². The van der Waals surface area contributed by atoms with Crippen LogP contribution in [0.2, 0.25) is 0 Å². The van der Waals surface area contributed by atoms with Crippen LogP contribution in [0.15, 0.2) is 66.7 Å². The Labute approximate surface area is 140 Å². The van der Waals surface area contributed by atoms with Gasteiger partial charge in [-0.05, 0) is 36.1 Å². The molecule has 0 aliphatic heterocycles. The summed E-state index contributed by atoms with van der Waals surface area (Å²) in [7, 11) is 0. The van der Waals surface area contributed by atoms with Gasteiger partial charge in [0.25, 0.3) is 0 Å². The fourth-order valence-corrected chi connectivity index (χ4v) is 3.00. The van der Waals surface area contributed by atoms with E-state index in [0.29, 0.717) is 23.8 Å². The number of carbonyl (C=O) groups is 1. The number of urea groups is 1. The molecule has 5 nitrogen and oxygen atoms in total. The summed E-state index contributed by atoms with van der Waals surface area (Å²) in [6, 6.07) is 16.4. The van der Waals surface area contributed by atoms with Crippen LogP contribution in [0.4, 0.5) is 4.79 Å². The molecular formula is C19H20N2O3. The minimum Gasteiger partial charge on any atom is -0.489 e. The maximum absolute atomic E-state index is 11.5. The quantitative estimate of drug-likeness (QED) is 0.501. The molecule has 0 radical (unpaired) electrons. The highest BCUT2D eigenvalue weighted by Crippen LogP contribution is 2.39. The highest BCUT2D eigenvalue weighted by molar-refractivity contribution is 5.72. The highest BCUT2D eigenvalue weighted by atomic mass is 16.5. The van der Waals surface area contributed by atoms with E-state index in [1.807, 2.05) is 66.7 Å². The monoisotopic (exact) mass is 324 g/mol. The first-order valence-electron chi connectivity index (χ1n) is 7.85. The van der Waals surface area contributed by atoms with Crippen LogP contribution in [0.3, 0.4) is 0 Å². The molecule has 0 saturated carbocycles. The summed E-state index contributed by atoms with van der Waals surface area (Å²) in [6.45, 7) is 0.450. The van der Waals surface area contributed by atoms with Crippen LogP contribution in [0.5, 0.6) is 5.75 Å². The summed E-state index contributed by atoms with van der Waals surface area (Å²) < 4.78 is 5.84. The third kappa shape index (κ3) is 3.12. The molecule has 1 aliphatic carbocycles. The third-order valence-corrected chi connectivity index (χ3v) is 4.25. The number of ether oxygens (including phenoxy) is 1. The van der Waals surface area contributed by atoms with Gasteiger partial charge in [-0.2, -0.15) is 5.06 Å². The first-order valence-corrected chi connectivity index (χ1v) is 7.85. The maximum atomic E-state index is 11.5. The van der Waals surface area contributed by atoms with E-state index in [2.05, 4.69) is 0 Å². The molecule has 0 spiro atoms. The van der Waals surface area contributed by atoms with Gasteiger partial charge < -0.3 is 10.5 Å². The Balaban J connectivity index is 1.83. The van der Waals surface area contributed by atoms with E-state index in [9.17, 15) is 10.0 Å². The number of nitrogens with zero attached hydrogens (tertiary/aromatic N) is 1. The molecule has 0 fully saturated rings. The average molecular weight is 324 g/mol. The van der Waals surface area contributed by atoms with E-state index in [0.717, 1.165) is 17.5 Å². The third-order valence-electron chi connectivity index (χ3n) is 4.25. The molecule has 0 bridgehead atoms. The minimum absolute atomic E-state index is 0.450. The lowest BCUT2D eigenvalue weighted by Crippen LogP contribution is -2.47. The van der Waals surface area contributed by atoms with Crippen LogP contribution in [0, 0.1) is 0 Å². The Morgan fingerprint density at radius 1 is 1.21 bits per heavy atom. The molecule has 1 aliphatic rings. The van der Waals surface area contributed by atoms with Crippen LogP contribution in [-0.4, -0.2) is 16.3 Å². The molecular weight excluding hydrogens is 304 g/mol. The Morgan fingerprint density at radius 3 is 2.67 bits per heavy atom. The SMILES string of the molecule is NC(=O)N(O)C1(c2cccc(OCc3ccccc3)c2)C=CCC1. The van der Waals surface area contributed by atoms with Crippen molar-refractivity contribution in [3.8, 4) is 5.75 Å². The number of amides is 2. The number of primary amides is 1. The summed E-state index contributed by atoms with van der Waals surface area (Å²) in [5.74, 6) is 0.675. The van der Waals surface area contributed by atoms with Crippen LogP contribution >= 0.6 is 0 Å². The van der Waals surface area contributed by atoms with Crippen LogP contribution < -0.4 is 10.5 Å². The zero-order valence-electron chi connectivity index (χ0n) is 13.3. The molecule has 2 aromatic carbocycles. The summed E-state index contributed by atoms with van der Waals surface area (Å²) in [4.78, 5) is 11.5. The molecule has 1 atom stereocenters. The standard InChI is InChI=1S/C19H20N2O3/c20-18(22)21(23)19(11-4-5-12-19)16-9-6-10-17(13-16)24-14-15-7-2-1-3-8-15/h1-4,6-11,13,23H,5,12,14H2,(H2,20,22). The lowest BCUT2D eigenvalue weighted by Gasteiger charge is -2.34. The first-order chi connectivity index (χ1) is 11.6. The Kier molecular flexibility index (Phi) is 4.53. The van der Waals surface area contributed by atoms with Crippen molar-refractivity contribution in [2.24, 2.45) is 5.73 Å². The zero-order chi connectivity index (χ0) is 17.0. The van der Waals surface area contributed by atoms with E-state index in [-0.39, 0.29) is 0 Å². The predicted molar refractivity (Wildman–Crippen MR) is 90.5 cm³/mol. The van der Waals surface area contributed by atoms with E-state index < -0.39 is 11.6 Å². The normalized spacial score (nSPS) is 19.2. The summed E-state index contributed by atoms with van der Waals surface area (Å²) in [5.41, 5.74) is 6.19. The Bertz CT molecular complexity index is 745. The van der Waals surface area contributed by atoms with E-state index in [4.69, 9.17) is 10.5 Å². The topological polar surface area (TPSA) is 75.8 Å². The number of benzene rings is 2. The van der Waals surface area contributed by atoms with Gasteiger partial charge >= 0.3 is 6.03 Å². The van der Waals surface area contributed by atoms with Gasteiger partial charge in [0, 0.05) is 0 Å². The highest BCUT2D eigenvalue weighted by Gasteiger charge is 2.40. The minimum atomic E-state index is -0.933. The average Bonchev–Trinajstić information content (AvgIpc) is 3.11. The summed E-state index contributed by atoms with van der Waals surface area (Å²) in [5, 5.41) is 10.8. The van der Waals surface area contributed by atoms with E-state index >= 15 is 0 Å². The maximum Gasteiger partial charge on any atom is 0.339 e. The number of hydrogen-bond donors (Lipinski definition) is 2. The van der Waals surface area contributed by atoms with Gasteiger partial charge in [0.1, 0.15) is 17.9 Å². The molecule has 2 aromatic rings. The van der Waals surface area contributed by atoms with Gasteiger partial charge in [-0.3, -0.25) is 5.21 Å². The number of nitrogens with two attached hydrogens (primary N) is 1. The van der Waals surface area contributed by atoms with Gasteiger partial charge in [0.05, 0.1) is 0 Å². The summed E-state index contributed by atoms with van der Waals surface area (Å²) in [6.07, 6.45) is 5.09. The molecule has 1 unspecified atom stereocenters. The van der Waals surface area contributed by atoms with Crippen molar-refractivity contribution in [2.45, 2.75) is 25.0 Å². The predicted octanol–water partition coefficient (Wildman–Crippen LogP) is 3.58. The van der Waals surface area contributed by atoms with Crippen molar-refractivity contribution in [3.05, 3.63) is 77.9 Å². The first kappa shape index (κ1) is 16.1. The van der Waals surface area contributed by atoms with Gasteiger partial charge in [0.2, 0.25) is 0 Å². The second-order valence-corrected chi connectivity index (χ2v) is 5.82. The second-order valence-electron chi connectivity index (χ2n) is 5.82. The van der Waals surface area contributed by atoms with Crippen LogP contribution in [-0.2, 0) is 12.1 Å². The number of hydrogen-bond acceptors (Lipinski definition) is 3. The van der Waals surface area contributed by atoms with Crippen molar-refractivity contribution < 1.29 is 14.7 Å². The van der Waals surface area contributed by atoms with Crippen molar-refractivity contribution in [3.63, 3.8) is 0 Å². The molecule has 0 saturated heterocycles. The molecule has 2 amide bonds. The van der Waals surface area contributed by atoms with Gasteiger partial charge in [-0.15, -0.1) is 0 Å². The van der Waals surface area contributed by atoms with Crippen LogP contribution in [0.25, 0.3) is 0 Å². The van der Waals surface area contributed by atoms with Crippen molar-refractivity contribution in [2.75, 3.05) is 0 Å². The second kappa shape index (κ2) is 6.76. The Hall–Kier alpha value is -2.79. The van der Waals surface area contributed by atoms with Crippen LogP contribution in [0.1, 0.15) is 24.0 Å². The summed E-state index contributed by atoms with van der Waals surface area (Å²) >= 11 is 0. The molecule has 5 heteroatoms. The fourth-order valence-electron chi connectivity index (χ4n) is 3.00. The lowest BCUT2D eigenvalue weighted by molar-refractivity contribution is -0.109. The number of hydroxylamine groups is 2. The molecule has 3 N–H and O–H groups in total. The number of allylic oxidation sites excluding steroid dienone is 1. The smallest absolute Gasteiger partial charge is 0.339 e. The molecule has 124 valence electrons. The van der Waals surface area contributed by atoms with Gasteiger partial charge in [-0.25, -0.2) is 4.79 Å². The number of carbonyl (C=O) groups excluding carboxylic acids is 1. The molecule has 24 heavy (non-hydrogen) atoms.